The van der Waals surface area contributed by atoms with Gasteiger partial charge >= 0.3 is 0 Å². The van der Waals surface area contributed by atoms with Gasteiger partial charge in [0.1, 0.15) is 0 Å². The number of aliphatic hydroxyl groups is 1. The molecule has 0 radical (unpaired) electrons. The third-order valence-corrected chi connectivity index (χ3v) is 2.64. The molecule has 0 saturated heterocycles. The van der Waals surface area contributed by atoms with E-state index in [1.54, 1.807) is 11.8 Å². The number of aliphatic hydroxyl groups excluding tert-OH is 1. The first-order valence-corrected chi connectivity index (χ1v) is 6.29. The summed E-state index contributed by atoms with van der Waals surface area (Å²) in [6.07, 6.45) is 2.13. The van der Waals surface area contributed by atoms with Gasteiger partial charge in [-0.05, 0) is 28.7 Å². The predicted molar refractivity (Wildman–Crippen MR) is 64.3 cm³/mol. The fourth-order valence-corrected chi connectivity index (χ4v) is 1.60. The quantitative estimate of drug-likeness (QED) is 0.227. The van der Waals surface area contributed by atoms with Gasteiger partial charge in [-0.25, -0.2) is 4.63 Å². The minimum atomic E-state index is -0.501. The van der Waals surface area contributed by atoms with Gasteiger partial charge in [0.2, 0.25) is 5.82 Å². The molecule has 0 bridgehead atoms. The molecule has 0 saturated carbocycles. The summed E-state index contributed by atoms with van der Waals surface area (Å²) in [6, 6.07) is 0. The van der Waals surface area contributed by atoms with Gasteiger partial charge in [-0.1, -0.05) is 5.16 Å². The molecule has 0 spiro atoms. The SMILES string of the molecule is CSCCC(O)CNc1nonc1/C(N)=N\O. The zero-order chi connectivity index (χ0) is 12.7. The number of amidine groups is 1. The van der Waals surface area contributed by atoms with E-state index in [2.05, 4.69) is 25.4 Å². The largest absolute Gasteiger partial charge is 0.409 e. The van der Waals surface area contributed by atoms with E-state index in [0.717, 1.165) is 5.75 Å². The van der Waals surface area contributed by atoms with Gasteiger partial charge in [0.15, 0.2) is 11.5 Å². The Kier molecular flexibility index (Phi) is 5.57. The van der Waals surface area contributed by atoms with Crippen LogP contribution < -0.4 is 11.1 Å². The van der Waals surface area contributed by atoms with Gasteiger partial charge in [-0.2, -0.15) is 11.8 Å². The van der Waals surface area contributed by atoms with Crippen molar-refractivity contribution in [3.8, 4) is 0 Å². The zero-order valence-corrected chi connectivity index (χ0v) is 10.1. The van der Waals surface area contributed by atoms with Gasteiger partial charge in [0.05, 0.1) is 6.10 Å². The van der Waals surface area contributed by atoms with E-state index in [-0.39, 0.29) is 17.3 Å². The van der Waals surface area contributed by atoms with Crippen LogP contribution in [0.25, 0.3) is 0 Å². The number of hydrogen-bond acceptors (Lipinski definition) is 8. The summed E-state index contributed by atoms with van der Waals surface area (Å²) in [4.78, 5) is 0. The second-order valence-electron chi connectivity index (χ2n) is 3.26. The van der Waals surface area contributed by atoms with E-state index in [9.17, 15) is 5.11 Å². The number of nitrogens with one attached hydrogen (secondary N) is 1. The molecule has 96 valence electrons. The minimum absolute atomic E-state index is 0.115. The van der Waals surface area contributed by atoms with Crippen LogP contribution in [0, 0.1) is 0 Å². The number of thioether (sulfide) groups is 1. The maximum absolute atomic E-state index is 9.60. The summed E-state index contributed by atoms with van der Waals surface area (Å²) in [6.45, 7) is 0.292. The van der Waals surface area contributed by atoms with Crippen molar-refractivity contribution in [3.05, 3.63) is 5.69 Å². The Bertz CT molecular complexity index is 370. The Hall–Kier alpha value is -1.48. The van der Waals surface area contributed by atoms with Gasteiger partial charge in [-0.3, -0.25) is 0 Å². The molecule has 8 nitrogen and oxygen atoms in total. The number of aromatic nitrogens is 2. The smallest absolute Gasteiger partial charge is 0.202 e. The number of nitrogens with two attached hydrogens (primary N) is 1. The number of nitrogens with zero attached hydrogens (tertiary/aromatic N) is 3. The van der Waals surface area contributed by atoms with Crippen molar-refractivity contribution in [3.63, 3.8) is 0 Å². The summed E-state index contributed by atoms with van der Waals surface area (Å²) in [5, 5.41) is 30.7. The van der Waals surface area contributed by atoms with Gasteiger partial charge in [0, 0.05) is 6.54 Å². The molecular formula is C8H15N5O3S. The second-order valence-corrected chi connectivity index (χ2v) is 4.25. The molecule has 1 rings (SSSR count). The third-order valence-electron chi connectivity index (χ3n) is 2.00. The molecule has 0 aliphatic rings. The zero-order valence-electron chi connectivity index (χ0n) is 9.33. The van der Waals surface area contributed by atoms with Crippen LogP contribution in [0.5, 0.6) is 0 Å². The lowest BCUT2D eigenvalue weighted by Crippen LogP contribution is -2.22. The highest BCUT2D eigenvalue weighted by atomic mass is 32.2. The lowest BCUT2D eigenvalue weighted by Gasteiger charge is -2.10. The summed E-state index contributed by atoms with van der Waals surface area (Å²) >= 11 is 1.66. The Labute approximate surface area is 102 Å². The second kappa shape index (κ2) is 6.97. The molecule has 9 heteroatoms. The van der Waals surface area contributed by atoms with Gasteiger partial charge in [0.25, 0.3) is 0 Å². The van der Waals surface area contributed by atoms with Crippen molar-refractivity contribution in [2.45, 2.75) is 12.5 Å². The van der Waals surface area contributed by atoms with Crippen LogP contribution in [0.3, 0.4) is 0 Å². The summed E-state index contributed by atoms with van der Waals surface area (Å²) < 4.78 is 4.46. The molecule has 1 heterocycles. The third kappa shape index (κ3) is 4.11. The van der Waals surface area contributed by atoms with E-state index < -0.39 is 6.10 Å². The minimum Gasteiger partial charge on any atom is -0.409 e. The molecular weight excluding hydrogens is 246 g/mol. The number of hydrogen-bond donors (Lipinski definition) is 4. The molecule has 1 atom stereocenters. The van der Waals surface area contributed by atoms with Crippen LogP contribution in [0.2, 0.25) is 0 Å². The molecule has 1 aromatic heterocycles. The van der Waals surface area contributed by atoms with Crippen molar-refractivity contribution in [1.82, 2.24) is 10.3 Å². The van der Waals surface area contributed by atoms with Crippen LogP contribution in [0.4, 0.5) is 5.82 Å². The van der Waals surface area contributed by atoms with Crippen LogP contribution in [0.15, 0.2) is 9.78 Å². The standard InChI is InChI=1S/C8H15N5O3S/c1-17-3-2-5(14)4-10-8-6(7(9)11-15)12-16-13-8/h5,14-15H,2-4H2,1H3,(H2,9,11)(H,10,13). The van der Waals surface area contributed by atoms with Crippen LogP contribution in [0.1, 0.15) is 12.1 Å². The molecule has 17 heavy (non-hydrogen) atoms. The monoisotopic (exact) mass is 261 g/mol. The van der Waals surface area contributed by atoms with Gasteiger partial charge in [-0.15, -0.1) is 0 Å². The fourth-order valence-electron chi connectivity index (χ4n) is 1.09. The Morgan fingerprint density at radius 3 is 3.06 bits per heavy atom. The van der Waals surface area contributed by atoms with E-state index in [4.69, 9.17) is 10.9 Å². The average molecular weight is 261 g/mol. The normalized spacial score (nSPS) is 13.6. The highest BCUT2D eigenvalue weighted by Gasteiger charge is 2.15. The molecule has 1 unspecified atom stereocenters. The average Bonchev–Trinajstić information content (AvgIpc) is 2.81. The first kappa shape index (κ1) is 13.6. The van der Waals surface area contributed by atoms with E-state index in [1.807, 2.05) is 6.26 Å². The number of rotatable bonds is 7. The van der Waals surface area contributed by atoms with Crippen LogP contribution in [-0.4, -0.2) is 51.1 Å². The lowest BCUT2D eigenvalue weighted by molar-refractivity contribution is 0.184. The van der Waals surface area contributed by atoms with Crippen molar-refractivity contribution in [1.29, 1.82) is 0 Å². The molecule has 1 aromatic rings. The van der Waals surface area contributed by atoms with E-state index in [1.165, 1.54) is 0 Å². The molecule has 0 fully saturated rings. The Morgan fingerprint density at radius 2 is 2.41 bits per heavy atom. The lowest BCUT2D eigenvalue weighted by atomic mass is 10.3. The van der Waals surface area contributed by atoms with Crippen molar-refractivity contribution >= 4 is 23.4 Å². The Balaban J connectivity index is 2.49. The molecule has 0 aromatic carbocycles. The van der Waals surface area contributed by atoms with Crippen molar-refractivity contribution in [2.24, 2.45) is 10.9 Å². The topological polar surface area (TPSA) is 130 Å². The molecule has 0 aliphatic carbocycles. The van der Waals surface area contributed by atoms with E-state index >= 15 is 0 Å². The first-order valence-electron chi connectivity index (χ1n) is 4.90. The highest BCUT2D eigenvalue weighted by molar-refractivity contribution is 7.98. The van der Waals surface area contributed by atoms with Gasteiger partial charge < -0.3 is 21.4 Å². The van der Waals surface area contributed by atoms with Crippen molar-refractivity contribution < 1.29 is 14.9 Å². The predicted octanol–water partition coefficient (Wildman–Crippen LogP) is -0.310. The van der Waals surface area contributed by atoms with Crippen molar-refractivity contribution in [2.75, 3.05) is 23.9 Å². The highest BCUT2D eigenvalue weighted by Crippen LogP contribution is 2.09. The summed E-state index contributed by atoms with van der Waals surface area (Å²) in [5.74, 6) is 0.906. The van der Waals surface area contributed by atoms with Crippen LogP contribution in [-0.2, 0) is 0 Å². The van der Waals surface area contributed by atoms with Crippen LogP contribution >= 0.6 is 11.8 Å². The molecule has 0 amide bonds. The Morgan fingerprint density at radius 1 is 1.65 bits per heavy atom. The van der Waals surface area contributed by atoms with E-state index in [0.29, 0.717) is 13.0 Å². The first-order chi connectivity index (χ1) is 8.19. The number of anilines is 1. The summed E-state index contributed by atoms with van der Waals surface area (Å²) in [5.41, 5.74) is 5.47. The molecule has 0 aliphatic heterocycles. The maximum atomic E-state index is 9.60. The summed E-state index contributed by atoms with van der Waals surface area (Å²) in [7, 11) is 0. The molecule has 5 N–H and O–H groups in total. The number of oxime groups is 1. The maximum Gasteiger partial charge on any atom is 0.202 e. The fraction of sp³-hybridized carbons (Fsp3) is 0.625.